The number of halogens is 1. The maximum Gasteiger partial charge on any atom is 0.191 e. The Labute approximate surface area is 173 Å². The van der Waals surface area contributed by atoms with Crippen molar-refractivity contribution in [3.05, 3.63) is 29.6 Å². The van der Waals surface area contributed by atoms with Crippen molar-refractivity contribution in [2.75, 3.05) is 33.3 Å². The largest absolute Gasteiger partial charge is 0.494 e. The molecule has 0 amide bonds. The van der Waals surface area contributed by atoms with Crippen LogP contribution in [-0.2, 0) is 6.54 Å². The van der Waals surface area contributed by atoms with Gasteiger partial charge in [0, 0.05) is 32.2 Å². The summed E-state index contributed by atoms with van der Waals surface area (Å²) in [5.41, 5.74) is 0.341. The van der Waals surface area contributed by atoms with E-state index in [1.807, 2.05) is 6.07 Å². The molecular formula is C22H35FN4O2. The second kappa shape index (κ2) is 10.3. The van der Waals surface area contributed by atoms with Crippen molar-refractivity contribution < 1.29 is 14.2 Å². The number of methoxy groups -OCH3 is 1. The smallest absolute Gasteiger partial charge is 0.191 e. The quantitative estimate of drug-likeness (QED) is 0.480. The summed E-state index contributed by atoms with van der Waals surface area (Å²) in [7, 11) is 1.48. The number of aliphatic imine (C=N–C) groups is 1. The van der Waals surface area contributed by atoms with Crippen LogP contribution in [0.5, 0.6) is 5.75 Å². The van der Waals surface area contributed by atoms with Crippen molar-refractivity contribution in [1.29, 1.82) is 0 Å². The Balaban J connectivity index is 1.48. The standard InChI is InChI=1S/C22H35FN4O2/c1-3-24-21(25-16-22(28)10-4-5-11-22)26-18-8-12-27(13-9-18)15-17-6-7-20(29-2)19(23)14-17/h6-7,14,18,28H,3-5,8-13,15-16H2,1-2H3,(H2,24,25,26). The lowest BCUT2D eigenvalue weighted by Crippen LogP contribution is -2.49. The van der Waals surface area contributed by atoms with Crippen LogP contribution in [0.3, 0.4) is 0 Å². The molecule has 0 aromatic heterocycles. The highest BCUT2D eigenvalue weighted by Crippen LogP contribution is 2.29. The van der Waals surface area contributed by atoms with E-state index in [1.165, 1.54) is 7.11 Å². The number of nitrogens with zero attached hydrogens (tertiary/aromatic N) is 2. The number of rotatable bonds is 7. The van der Waals surface area contributed by atoms with Gasteiger partial charge >= 0.3 is 0 Å². The first-order chi connectivity index (χ1) is 14.0. The summed E-state index contributed by atoms with van der Waals surface area (Å²) >= 11 is 0. The molecule has 1 heterocycles. The molecule has 0 spiro atoms. The molecule has 3 N–H and O–H groups in total. The van der Waals surface area contributed by atoms with Crippen LogP contribution in [0.25, 0.3) is 0 Å². The van der Waals surface area contributed by atoms with E-state index < -0.39 is 5.60 Å². The van der Waals surface area contributed by atoms with Crippen LogP contribution in [0.4, 0.5) is 4.39 Å². The average Bonchev–Trinajstić information content (AvgIpc) is 3.15. The third-order valence-corrected chi connectivity index (χ3v) is 5.96. The van der Waals surface area contributed by atoms with E-state index in [0.717, 1.165) is 76.2 Å². The van der Waals surface area contributed by atoms with E-state index in [0.29, 0.717) is 12.6 Å². The fourth-order valence-electron chi connectivity index (χ4n) is 4.23. The van der Waals surface area contributed by atoms with E-state index >= 15 is 0 Å². The average molecular weight is 407 g/mol. The predicted molar refractivity (Wildman–Crippen MR) is 114 cm³/mol. The predicted octanol–water partition coefficient (Wildman–Crippen LogP) is 2.66. The summed E-state index contributed by atoms with van der Waals surface area (Å²) in [6.07, 6.45) is 5.89. The first kappa shape index (κ1) is 21.8. The van der Waals surface area contributed by atoms with Crippen LogP contribution in [0.2, 0.25) is 0 Å². The van der Waals surface area contributed by atoms with Gasteiger partial charge in [0.1, 0.15) is 0 Å². The van der Waals surface area contributed by atoms with Gasteiger partial charge in [-0.15, -0.1) is 0 Å². The summed E-state index contributed by atoms with van der Waals surface area (Å²) in [4.78, 5) is 7.00. The van der Waals surface area contributed by atoms with Gasteiger partial charge in [-0.25, -0.2) is 4.39 Å². The van der Waals surface area contributed by atoms with Gasteiger partial charge in [0.15, 0.2) is 17.5 Å². The maximum absolute atomic E-state index is 13.9. The van der Waals surface area contributed by atoms with Crippen molar-refractivity contribution in [2.24, 2.45) is 4.99 Å². The molecule has 1 aliphatic heterocycles. The lowest BCUT2D eigenvalue weighted by atomic mass is 10.0. The maximum atomic E-state index is 13.9. The zero-order valence-corrected chi connectivity index (χ0v) is 17.7. The number of piperidine rings is 1. The molecule has 7 heteroatoms. The molecule has 0 bridgehead atoms. The van der Waals surface area contributed by atoms with E-state index in [1.54, 1.807) is 12.1 Å². The molecule has 1 aliphatic carbocycles. The summed E-state index contributed by atoms with van der Waals surface area (Å²) < 4.78 is 18.9. The molecule has 0 unspecified atom stereocenters. The molecule has 2 fully saturated rings. The molecule has 0 atom stereocenters. The van der Waals surface area contributed by atoms with Crippen LogP contribution in [0.15, 0.2) is 23.2 Å². The van der Waals surface area contributed by atoms with E-state index in [4.69, 9.17) is 4.74 Å². The highest BCUT2D eigenvalue weighted by atomic mass is 19.1. The van der Waals surface area contributed by atoms with Crippen molar-refractivity contribution in [3.8, 4) is 5.75 Å². The topological polar surface area (TPSA) is 69.1 Å². The normalized spacial score (nSPS) is 20.6. The van der Waals surface area contributed by atoms with Gasteiger partial charge in [0.2, 0.25) is 0 Å². The number of hydrogen-bond acceptors (Lipinski definition) is 4. The monoisotopic (exact) mass is 406 g/mol. The number of ether oxygens (including phenoxy) is 1. The molecule has 1 saturated heterocycles. The second-order valence-electron chi connectivity index (χ2n) is 8.29. The van der Waals surface area contributed by atoms with Gasteiger partial charge in [-0.1, -0.05) is 18.9 Å². The lowest BCUT2D eigenvalue weighted by molar-refractivity contribution is 0.0573. The number of aliphatic hydroxyl groups is 1. The van der Waals surface area contributed by atoms with Crippen LogP contribution < -0.4 is 15.4 Å². The third-order valence-electron chi connectivity index (χ3n) is 5.96. The highest BCUT2D eigenvalue weighted by Gasteiger charge is 2.31. The highest BCUT2D eigenvalue weighted by molar-refractivity contribution is 5.80. The molecule has 0 radical (unpaired) electrons. The van der Waals surface area contributed by atoms with Gasteiger partial charge in [-0.3, -0.25) is 9.89 Å². The summed E-state index contributed by atoms with van der Waals surface area (Å²) in [5, 5.41) is 17.4. The number of nitrogens with one attached hydrogen (secondary N) is 2. The molecule has 1 saturated carbocycles. The Morgan fingerprint density at radius 1 is 1.31 bits per heavy atom. The Morgan fingerprint density at radius 3 is 2.66 bits per heavy atom. The summed E-state index contributed by atoms with van der Waals surface area (Å²) in [6, 6.07) is 5.54. The van der Waals surface area contributed by atoms with Crippen molar-refractivity contribution in [1.82, 2.24) is 15.5 Å². The fraction of sp³-hybridized carbons (Fsp3) is 0.682. The zero-order chi connectivity index (χ0) is 20.7. The van der Waals surface area contributed by atoms with E-state index in [9.17, 15) is 9.50 Å². The molecule has 1 aromatic rings. The second-order valence-corrected chi connectivity index (χ2v) is 8.29. The van der Waals surface area contributed by atoms with Gasteiger partial charge in [-0.05, 0) is 50.3 Å². The number of benzene rings is 1. The van der Waals surface area contributed by atoms with E-state index in [2.05, 4.69) is 27.4 Å². The van der Waals surface area contributed by atoms with Crippen LogP contribution in [-0.4, -0.2) is 60.9 Å². The minimum Gasteiger partial charge on any atom is -0.494 e. The van der Waals surface area contributed by atoms with Gasteiger partial charge in [0.25, 0.3) is 0 Å². The third kappa shape index (κ3) is 6.31. The molecule has 162 valence electrons. The van der Waals surface area contributed by atoms with Crippen molar-refractivity contribution in [3.63, 3.8) is 0 Å². The molecular weight excluding hydrogens is 371 g/mol. The Morgan fingerprint density at radius 2 is 2.03 bits per heavy atom. The summed E-state index contributed by atoms with van der Waals surface area (Å²) in [6.45, 7) is 5.96. The fourth-order valence-corrected chi connectivity index (χ4v) is 4.23. The Bertz CT molecular complexity index is 683. The zero-order valence-electron chi connectivity index (χ0n) is 17.7. The minimum absolute atomic E-state index is 0.286. The molecule has 3 rings (SSSR count). The molecule has 6 nitrogen and oxygen atoms in total. The number of likely N-dealkylation sites (tertiary alicyclic amines) is 1. The SMILES string of the molecule is CCNC(=NCC1(O)CCCC1)NC1CCN(Cc2ccc(OC)c(F)c2)CC1. The van der Waals surface area contributed by atoms with Crippen molar-refractivity contribution >= 4 is 5.96 Å². The lowest BCUT2D eigenvalue weighted by Gasteiger charge is -2.33. The molecule has 29 heavy (non-hydrogen) atoms. The first-order valence-electron chi connectivity index (χ1n) is 10.8. The molecule has 2 aliphatic rings. The number of hydrogen-bond donors (Lipinski definition) is 3. The van der Waals surface area contributed by atoms with Crippen LogP contribution >= 0.6 is 0 Å². The Hall–Kier alpha value is -1.86. The molecule has 1 aromatic carbocycles. The van der Waals surface area contributed by atoms with Gasteiger partial charge < -0.3 is 20.5 Å². The van der Waals surface area contributed by atoms with Gasteiger partial charge in [-0.2, -0.15) is 0 Å². The number of guanidine groups is 1. The summed E-state index contributed by atoms with van der Waals surface area (Å²) in [5.74, 6) is 0.773. The van der Waals surface area contributed by atoms with Gasteiger partial charge in [0.05, 0.1) is 19.3 Å². The first-order valence-corrected chi connectivity index (χ1v) is 10.8. The van der Waals surface area contributed by atoms with Crippen LogP contribution in [0, 0.1) is 5.82 Å². The minimum atomic E-state index is -0.626. The van der Waals surface area contributed by atoms with Crippen molar-refractivity contribution in [2.45, 2.75) is 63.6 Å². The van der Waals surface area contributed by atoms with Crippen LogP contribution in [0.1, 0.15) is 51.0 Å². The van der Waals surface area contributed by atoms with E-state index in [-0.39, 0.29) is 11.6 Å². The Kier molecular flexibility index (Phi) is 7.72.